The van der Waals surface area contributed by atoms with Gasteiger partial charge in [-0.1, -0.05) is 36.3 Å². The van der Waals surface area contributed by atoms with Gasteiger partial charge in [-0.25, -0.2) is 0 Å². The molecule has 2 aromatic rings. The van der Waals surface area contributed by atoms with Gasteiger partial charge in [-0.15, -0.1) is 0 Å². The van der Waals surface area contributed by atoms with E-state index in [2.05, 4.69) is 24.2 Å². The zero-order valence-electron chi connectivity index (χ0n) is 7.74. The Morgan fingerprint density at radius 3 is 2.50 bits per heavy atom. The number of nitrogens with zero attached hydrogens (tertiary/aromatic N) is 1. The Balaban J connectivity index is 0.000000980. The van der Waals surface area contributed by atoms with Crippen LogP contribution in [0.1, 0.15) is 18.7 Å². The second kappa shape index (κ2) is 4.09. The lowest BCUT2D eigenvalue weighted by molar-refractivity contribution is 0.427. The first-order chi connectivity index (χ1) is 6.25. The summed E-state index contributed by atoms with van der Waals surface area (Å²) in [5.41, 5.74) is 3.23. The van der Waals surface area contributed by atoms with E-state index in [1.54, 1.807) is 0 Å². The normalized spacial score (nSPS) is 9.57. The van der Waals surface area contributed by atoms with Crippen LogP contribution in [0.25, 0.3) is 11.3 Å². The van der Waals surface area contributed by atoms with E-state index in [1.165, 1.54) is 5.56 Å². The Morgan fingerprint density at radius 1 is 1.14 bits per heavy atom. The Labute approximate surface area is 84.6 Å². The van der Waals surface area contributed by atoms with E-state index in [0.29, 0.717) is 0 Å². The lowest BCUT2D eigenvalue weighted by Gasteiger charge is -1.95. The van der Waals surface area contributed by atoms with Crippen LogP contribution in [0, 0.1) is 13.8 Å². The lowest BCUT2D eigenvalue weighted by atomic mass is 10.1. The Hall–Kier alpha value is -1.57. The zero-order valence-corrected chi connectivity index (χ0v) is 7.74. The van der Waals surface area contributed by atoms with Gasteiger partial charge in [0.15, 0.2) is 5.76 Å². The molecule has 0 saturated heterocycles. The average Bonchev–Trinajstić information content (AvgIpc) is 2.52. The molecule has 0 aliphatic heterocycles. The second-order valence-corrected chi connectivity index (χ2v) is 3.20. The summed E-state index contributed by atoms with van der Waals surface area (Å²) in [5.74, 6) is 0.834. The molecule has 0 amide bonds. The smallest absolute Gasteiger partial charge is 0.167 e. The van der Waals surface area contributed by atoms with Gasteiger partial charge in [0, 0.05) is 11.6 Å². The summed E-state index contributed by atoms with van der Waals surface area (Å²) in [4.78, 5) is 0. The van der Waals surface area contributed by atoms with E-state index in [4.69, 9.17) is 4.52 Å². The van der Waals surface area contributed by atoms with Crippen molar-refractivity contribution in [2.45, 2.75) is 21.3 Å². The number of aromatic nitrogens is 1. The summed E-state index contributed by atoms with van der Waals surface area (Å²) >= 11 is 0. The van der Waals surface area contributed by atoms with Crippen molar-refractivity contribution < 1.29 is 4.52 Å². The minimum atomic E-state index is 0. The van der Waals surface area contributed by atoms with Crippen LogP contribution < -0.4 is 0 Å². The van der Waals surface area contributed by atoms with E-state index in [0.717, 1.165) is 17.0 Å². The number of benzene rings is 1. The fraction of sp³-hybridized carbons (Fsp3) is 0.250. The molecule has 2 heteroatoms. The summed E-state index contributed by atoms with van der Waals surface area (Å²) < 4.78 is 5.16. The van der Waals surface area contributed by atoms with Crippen molar-refractivity contribution in [3.05, 3.63) is 41.6 Å². The van der Waals surface area contributed by atoms with Crippen molar-refractivity contribution in [3.63, 3.8) is 0 Å². The summed E-state index contributed by atoms with van der Waals surface area (Å²) in [6.45, 7) is 3.98. The number of aryl methyl sites for hydroxylation is 2. The third kappa shape index (κ3) is 2.02. The van der Waals surface area contributed by atoms with Crippen molar-refractivity contribution in [2.24, 2.45) is 0 Å². The maximum absolute atomic E-state index is 5.16. The molecular formula is C12H15NO. The minimum Gasteiger partial charge on any atom is -0.356 e. The molecule has 0 saturated carbocycles. The van der Waals surface area contributed by atoms with E-state index in [1.807, 2.05) is 25.1 Å². The number of hydrogen-bond donors (Lipinski definition) is 0. The van der Waals surface area contributed by atoms with Crippen molar-refractivity contribution in [3.8, 4) is 11.3 Å². The highest BCUT2D eigenvalue weighted by atomic mass is 16.5. The quantitative estimate of drug-likeness (QED) is 0.685. The minimum absolute atomic E-state index is 0. The highest BCUT2D eigenvalue weighted by molar-refractivity contribution is 5.58. The molecule has 1 aromatic heterocycles. The van der Waals surface area contributed by atoms with Crippen molar-refractivity contribution >= 4 is 0 Å². The molecule has 0 atom stereocenters. The van der Waals surface area contributed by atoms with Gasteiger partial charge in [-0.3, -0.25) is 0 Å². The van der Waals surface area contributed by atoms with E-state index in [9.17, 15) is 0 Å². The van der Waals surface area contributed by atoms with E-state index >= 15 is 0 Å². The zero-order chi connectivity index (χ0) is 9.26. The first-order valence-corrected chi connectivity index (χ1v) is 4.26. The third-order valence-electron chi connectivity index (χ3n) is 1.93. The summed E-state index contributed by atoms with van der Waals surface area (Å²) in [6, 6.07) is 10.1. The molecule has 0 fully saturated rings. The highest BCUT2D eigenvalue weighted by Gasteiger charge is 2.02. The van der Waals surface area contributed by atoms with Crippen LogP contribution in [0.5, 0.6) is 0 Å². The molecule has 14 heavy (non-hydrogen) atoms. The van der Waals surface area contributed by atoms with Crippen LogP contribution >= 0.6 is 0 Å². The van der Waals surface area contributed by atoms with Gasteiger partial charge in [0.2, 0.25) is 0 Å². The maximum Gasteiger partial charge on any atom is 0.167 e. The molecule has 0 N–H and O–H groups in total. The molecule has 0 aliphatic rings. The summed E-state index contributed by atoms with van der Waals surface area (Å²) in [6.07, 6.45) is 0. The molecule has 74 valence electrons. The highest BCUT2D eigenvalue weighted by Crippen LogP contribution is 2.20. The predicted octanol–water partition coefficient (Wildman–Crippen LogP) is 3.59. The standard InChI is InChI=1S/C11H11NO.CH4/c1-8-4-3-5-10(6-8)11-7-9(2)12-13-11;/h3-7H,1-2H3;1H4. The molecule has 0 aliphatic carbocycles. The van der Waals surface area contributed by atoms with Crippen LogP contribution in [0.2, 0.25) is 0 Å². The van der Waals surface area contributed by atoms with Crippen LogP contribution in [-0.2, 0) is 0 Å². The average molecular weight is 189 g/mol. The van der Waals surface area contributed by atoms with Crippen LogP contribution in [0.15, 0.2) is 34.9 Å². The molecule has 2 rings (SSSR count). The molecule has 0 spiro atoms. The van der Waals surface area contributed by atoms with Gasteiger partial charge < -0.3 is 4.52 Å². The van der Waals surface area contributed by atoms with Gasteiger partial charge in [0.1, 0.15) is 0 Å². The molecule has 1 heterocycles. The second-order valence-electron chi connectivity index (χ2n) is 3.20. The largest absolute Gasteiger partial charge is 0.356 e. The predicted molar refractivity (Wildman–Crippen MR) is 58.1 cm³/mol. The fourth-order valence-corrected chi connectivity index (χ4v) is 1.30. The Morgan fingerprint density at radius 2 is 1.93 bits per heavy atom. The monoisotopic (exact) mass is 189 g/mol. The molecule has 0 unspecified atom stereocenters. The Kier molecular flexibility index (Phi) is 3.07. The topological polar surface area (TPSA) is 26.0 Å². The van der Waals surface area contributed by atoms with Gasteiger partial charge in [0.25, 0.3) is 0 Å². The SMILES string of the molecule is C.Cc1cccc(-c2cc(C)no2)c1. The van der Waals surface area contributed by atoms with Gasteiger partial charge in [0.05, 0.1) is 5.69 Å². The number of rotatable bonds is 1. The third-order valence-corrected chi connectivity index (χ3v) is 1.93. The van der Waals surface area contributed by atoms with Gasteiger partial charge in [-0.2, -0.15) is 0 Å². The Bertz CT molecular complexity index is 418. The van der Waals surface area contributed by atoms with Crippen LogP contribution in [0.3, 0.4) is 0 Å². The van der Waals surface area contributed by atoms with Crippen molar-refractivity contribution in [1.82, 2.24) is 5.16 Å². The van der Waals surface area contributed by atoms with Gasteiger partial charge >= 0.3 is 0 Å². The van der Waals surface area contributed by atoms with Crippen LogP contribution in [-0.4, -0.2) is 5.16 Å². The first kappa shape index (κ1) is 10.5. The molecule has 2 nitrogen and oxygen atoms in total. The summed E-state index contributed by atoms with van der Waals surface area (Å²) in [5, 5.41) is 3.85. The molecule has 0 radical (unpaired) electrons. The first-order valence-electron chi connectivity index (χ1n) is 4.26. The fourth-order valence-electron chi connectivity index (χ4n) is 1.30. The van der Waals surface area contributed by atoms with Gasteiger partial charge in [-0.05, 0) is 19.9 Å². The van der Waals surface area contributed by atoms with Crippen molar-refractivity contribution in [1.29, 1.82) is 0 Å². The maximum atomic E-state index is 5.16. The lowest BCUT2D eigenvalue weighted by Crippen LogP contribution is -1.75. The summed E-state index contributed by atoms with van der Waals surface area (Å²) in [7, 11) is 0. The van der Waals surface area contributed by atoms with Crippen molar-refractivity contribution in [2.75, 3.05) is 0 Å². The number of hydrogen-bond acceptors (Lipinski definition) is 2. The molecule has 0 bridgehead atoms. The molecule has 1 aromatic carbocycles. The molecular weight excluding hydrogens is 174 g/mol. The van der Waals surface area contributed by atoms with E-state index < -0.39 is 0 Å². The van der Waals surface area contributed by atoms with Crippen LogP contribution in [0.4, 0.5) is 0 Å². The van der Waals surface area contributed by atoms with E-state index in [-0.39, 0.29) is 7.43 Å².